The smallest absolute Gasteiger partial charge is 0.315 e. The molecule has 1 aliphatic rings. The van der Waals surface area contributed by atoms with Crippen molar-refractivity contribution in [2.45, 2.75) is 25.9 Å². The molecule has 5 nitrogen and oxygen atoms in total. The monoisotopic (exact) mass is 222 g/mol. The average Bonchev–Trinajstić information content (AvgIpc) is 2.67. The van der Waals surface area contributed by atoms with Crippen LogP contribution in [0.2, 0.25) is 0 Å². The van der Waals surface area contributed by atoms with Crippen molar-refractivity contribution in [2.24, 2.45) is 5.92 Å². The third-order valence-corrected chi connectivity index (χ3v) is 2.86. The van der Waals surface area contributed by atoms with Gasteiger partial charge in [-0.2, -0.15) is 0 Å². The second kappa shape index (κ2) is 4.00. The largest absolute Gasteiger partial charge is 0.467 e. The standard InChI is InChI=1S/C11H14N2O3/c1-6-9(7(2)14)10(13-11(15)12-6)8-4-3-5-16-8/h3-6,9-10H,1-2H3,(H2,12,13,15). The number of amides is 2. The minimum absolute atomic E-state index is 0.0291. The lowest BCUT2D eigenvalue weighted by molar-refractivity contribution is -0.122. The Morgan fingerprint density at radius 2 is 2.19 bits per heavy atom. The van der Waals surface area contributed by atoms with E-state index in [1.165, 1.54) is 13.2 Å². The summed E-state index contributed by atoms with van der Waals surface area (Å²) in [6, 6.07) is 2.66. The summed E-state index contributed by atoms with van der Waals surface area (Å²) in [4.78, 5) is 23.0. The van der Waals surface area contributed by atoms with Crippen LogP contribution in [0.4, 0.5) is 4.79 Å². The molecule has 5 heteroatoms. The van der Waals surface area contributed by atoms with Crippen LogP contribution in [0.3, 0.4) is 0 Å². The van der Waals surface area contributed by atoms with E-state index in [0.29, 0.717) is 5.76 Å². The van der Waals surface area contributed by atoms with Gasteiger partial charge in [0, 0.05) is 6.04 Å². The molecule has 0 spiro atoms. The molecule has 3 unspecified atom stereocenters. The third-order valence-electron chi connectivity index (χ3n) is 2.86. The van der Waals surface area contributed by atoms with Crippen LogP contribution in [-0.2, 0) is 4.79 Å². The number of nitrogens with one attached hydrogen (secondary N) is 2. The first-order chi connectivity index (χ1) is 7.59. The zero-order valence-electron chi connectivity index (χ0n) is 9.19. The molecule has 0 bridgehead atoms. The molecule has 0 saturated carbocycles. The van der Waals surface area contributed by atoms with Crippen molar-refractivity contribution >= 4 is 11.8 Å². The molecule has 2 amide bonds. The van der Waals surface area contributed by atoms with E-state index in [2.05, 4.69) is 10.6 Å². The number of furan rings is 1. The average molecular weight is 222 g/mol. The van der Waals surface area contributed by atoms with Crippen molar-refractivity contribution in [3.63, 3.8) is 0 Å². The highest BCUT2D eigenvalue weighted by Gasteiger charge is 2.39. The highest BCUT2D eigenvalue weighted by Crippen LogP contribution is 2.28. The van der Waals surface area contributed by atoms with Crippen LogP contribution < -0.4 is 10.6 Å². The number of Topliss-reactive ketones (excluding diaryl/α,β-unsaturated/α-hetero) is 1. The summed E-state index contributed by atoms with van der Waals surface area (Å²) in [7, 11) is 0. The molecule has 1 aliphatic heterocycles. The van der Waals surface area contributed by atoms with Gasteiger partial charge in [-0.1, -0.05) is 0 Å². The van der Waals surface area contributed by atoms with Crippen LogP contribution in [0.1, 0.15) is 25.6 Å². The number of rotatable bonds is 2. The van der Waals surface area contributed by atoms with Gasteiger partial charge in [0.1, 0.15) is 17.6 Å². The first kappa shape index (κ1) is 10.7. The molecule has 1 aromatic rings. The minimum atomic E-state index is -0.378. The maximum absolute atomic E-state index is 11.6. The fourth-order valence-corrected chi connectivity index (χ4v) is 2.16. The highest BCUT2D eigenvalue weighted by atomic mass is 16.3. The van der Waals surface area contributed by atoms with Gasteiger partial charge in [0.05, 0.1) is 12.2 Å². The Kier molecular flexibility index (Phi) is 2.68. The van der Waals surface area contributed by atoms with Crippen LogP contribution in [0.5, 0.6) is 0 Å². The van der Waals surface area contributed by atoms with Crippen molar-refractivity contribution < 1.29 is 14.0 Å². The molecule has 2 heterocycles. The van der Waals surface area contributed by atoms with Crippen molar-refractivity contribution in [2.75, 3.05) is 0 Å². The van der Waals surface area contributed by atoms with Crippen molar-refractivity contribution in [1.29, 1.82) is 0 Å². The van der Waals surface area contributed by atoms with Crippen LogP contribution in [0.25, 0.3) is 0 Å². The van der Waals surface area contributed by atoms with Gasteiger partial charge < -0.3 is 15.1 Å². The topological polar surface area (TPSA) is 71.3 Å². The lowest BCUT2D eigenvalue weighted by Gasteiger charge is -2.35. The van der Waals surface area contributed by atoms with Gasteiger partial charge >= 0.3 is 6.03 Å². The Morgan fingerprint density at radius 1 is 1.44 bits per heavy atom. The normalized spacial score (nSPS) is 29.4. The number of hydrogen-bond acceptors (Lipinski definition) is 3. The summed E-state index contributed by atoms with van der Waals surface area (Å²) in [6.45, 7) is 3.34. The summed E-state index contributed by atoms with van der Waals surface area (Å²) >= 11 is 0. The quantitative estimate of drug-likeness (QED) is 0.790. The molecule has 1 aromatic heterocycles. The third kappa shape index (κ3) is 1.80. The van der Waals surface area contributed by atoms with Gasteiger partial charge in [-0.25, -0.2) is 4.79 Å². The number of carbonyl (C=O) groups is 2. The van der Waals surface area contributed by atoms with Gasteiger partial charge in [-0.05, 0) is 26.0 Å². The predicted molar refractivity (Wildman–Crippen MR) is 56.7 cm³/mol. The van der Waals surface area contributed by atoms with Crippen LogP contribution in [-0.4, -0.2) is 17.9 Å². The lowest BCUT2D eigenvalue weighted by Crippen LogP contribution is -2.57. The molecule has 2 N–H and O–H groups in total. The minimum Gasteiger partial charge on any atom is -0.467 e. The number of urea groups is 1. The second-order valence-electron chi connectivity index (χ2n) is 4.04. The van der Waals surface area contributed by atoms with E-state index in [1.54, 1.807) is 12.1 Å². The highest BCUT2D eigenvalue weighted by molar-refractivity contribution is 5.84. The number of carbonyl (C=O) groups excluding carboxylic acids is 2. The maximum Gasteiger partial charge on any atom is 0.315 e. The molecular formula is C11H14N2O3. The number of ketones is 1. The predicted octanol–water partition coefficient (Wildman–Crippen LogP) is 1.23. The molecule has 3 atom stereocenters. The van der Waals surface area contributed by atoms with E-state index in [-0.39, 0.29) is 29.8 Å². The van der Waals surface area contributed by atoms with Gasteiger partial charge in [0.15, 0.2) is 0 Å². The fourth-order valence-electron chi connectivity index (χ4n) is 2.16. The SMILES string of the molecule is CC(=O)C1C(C)NC(=O)NC1c1ccco1. The van der Waals surface area contributed by atoms with Crippen LogP contribution in [0.15, 0.2) is 22.8 Å². The summed E-state index contributed by atoms with van der Waals surface area (Å²) in [6.07, 6.45) is 1.53. The Bertz CT molecular complexity index is 399. The second-order valence-corrected chi connectivity index (χ2v) is 4.04. The summed E-state index contributed by atoms with van der Waals surface area (Å²) in [5.74, 6) is 0.340. The fraction of sp³-hybridized carbons (Fsp3) is 0.455. The molecule has 0 radical (unpaired) electrons. The molecule has 0 aromatic carbocycles. The Morgan fingerprint density at radius 3 is 2.75 bits per heavy atom. The summed E-state index contributed by atoms with van der Waals surface area (Å²) in [5, 5.41) is 5.41. The number of hydrogen-bond donors (Lipinski definition) is 2. The first-order valence-corrected chi connectivity index (χ1v) is 5.20. The van der Waals surface area contributed by atoms with E-state index in [9.17, 15) is 9.59 Å². The van der Waals surface area contributed by atoms with Gasteiger partial charge in [-0.15, -0.1) is 0 Å². The van der Waals surface area contributed by atoms with E-state index in [4.69, 9.17) is 4.42 Å². The molecular weight excluding hydrogens is 208 g/mol. The van der Waals surface area contributed by atoms with E-state index in [0.717, 1.165) is 0 Å². The van der Waals surface area contributed by atoms with Gasteiger partial charge in [-0.3, -0.25) is 4.79 Å². The summed E-state index contributed by atoms with van der Waals surface area (Å²) in [5.41, 5.74) is 0. The van der Waals surface area contributed by atoms with Gasteiger partial charge in [0.25, 0.3) is 0 Å². The maximum atomic E-state index is 11.6. The van der Waals surface area contributed by atoms with Crippen LogP contribution in [0, 0.1) is 5.92 Å². The molecule has 1 fully saturated rings. The van der Waals surface area contributed by atoms with E-state index in [1.807, 2.05) is 6.92 Å². The zero-order chi connectivity index (χ0) is 11.7. The van der Waals surface area contributed by atoms with Crippen molar-refractivity contribution in [3.8, 4) is 0 Å². The van der Waals surface area contributed by atoms with Crippen molar-refractivity contribution in [3.05, 3.63) is 24.2 Å². The Hall–Kier alpha value is -1.78. The van der Waals surface area contributed by atoms with Crippen molar-refractivity contribution in [1.82, 2.24) is 10.6 Å². The molecule has 0 aliphatic carbocycles. The lowest BCUT2D eigenvalue weighted by atomic mass is 9.86. The van der Waals surface area contributed by atoms with Crippen LogP contribution >= 0.6 is 0 Å². The van der Waals surface area contributed by atoms with Gasteiger partial charge in [0.2, 0.25) is 0 Å². The Balaban J connectivity index is 2.31. The zero-order valence-corrected chi connectivity index (χ0v) is 9.19. The first-order valence-electron chi connectivity index (χ1n) is 5.20. The molecule has 16 heavy (non-hydrogen) atoms. The summed E-state index contributed by atoms with van der Waals surface area (Å²) < 4.78 is 5.26. The molecule has 2 rings (SSSR count). The van der Waals surface area contributed by atoms with E-state index < -0.39 is 0 Å². The van der Waals surface area contributed by atoms with E-state index >= 15 is 0 Å². The molecule has 86 valence electrons. The molecule has 1 saturated heterocycles. The Labute approximate surface area is 93.2 Å².